The van der Waals surface area contributed by atoms with E-state index in [1.165, 1.54) is 17.0 Å². The molecule has 1 N–H and O–H groups in total. The van der Waals surface area contributed by atoms with E-state index in [0.717, 1.165) is 18.9 Å². The number of carboxylic acids is 1. The highest BCUT2D eigenvalue weighted by Gasteiger charge is 2.32. The fraction of sp³-hybridized carbons (Fsp3) is 0.429. The molecule has 1 saturated carbocycles. The Labute approximate surface area is 115 Å². The lowest BCUT2D eigenvalue weighted by Gasteiger charge is -2.21. The number of rotatable bonds is 6. The van der Waals surface area contributed by atoms with Crippen LogP contribution in [-0.2, 0) is 16.0 Å². The van der Waals surface area contributed by atoms with Crippen LogP contribution in [0, 0.1) is 11.6 Å². The number of nitrogens with zero attached hydrogens (tertiary/aromatic N) is 1. The Hall–Kier alpha value is -1.98. The molecule has 0 heterocycles. The van der Waals surface area contributed by atoms with Crippen LogP contribution in [0.15, 0.2) is 18.2 Å². The number of hydrogen-bond donors (Lipinski definition) is 1. The number of carbonyl (C=O) groups is 2. The predicted octanol–water partition coefficient (Wildman–Crippen LogP) is 1.97. The maximum Gasteiger partial charge on any atom is 0.305 e. The summed E-state index contributed by atoms with van der Waals surface area (Å²) in [5, 5.41) is 8.67. The molecule has 0 atom stereocenters. The highest BCUT2D eigenvalue weighted by Crippen LogP contribution is 2.28. The molecule has 0 saturated heterocycles. The summed E-state index contributed by atoms with van der Waals surface area (Å²) < 4.78 is 26.6. The topological polar surface area (TPSA) is 57.6 Å². The van der Waals surface area contributed by atoms with Gasteiger partial charge < -0.3 is 10.0 Å². The largest absolute Gasteiger partial charge is 0.481 e. The van der Waals surface area contributed by atoms with Crippen molar-refractivity contribution in [1.29, 1.82) is 0 Å². The van der Waals surface area contributed by atoms with E-state index in [2.05, 4.69) is 0 Å². The van der Waals surface area contributed by atoms with Crippen molar-refractivity contribution in [2.75, 3.05) is 6.54 Å². The average Bonchev–Trinajstić information content (AvgIpc) is 3.19. The zero-order chi connectivity index (χ0) is 14.7. The maximum atomic E-state index is 13.5. The van der Waals surface area contributed by atoms with Gasteiger partial charge >= 0.3 is 5.97 Å². The molecule has 1 aromatic carbocycles. The molecule has 20 heavy (non-hydrogen) atoms. The fourth-order valence-corrected chi connectivity index (χ4v) is 2.06. The molecule has 0 unspecified atom stereocenters. The van der Waals surface area contributed by atoms with Gasteiger partial charge in [0, 0.05) is 18.2 Å². The van der Waals surface area contributed by atoms with Crippen molar-refractivity contribution in [3.63, 3.8) is 0 Å². The molecule has 2 rings (SSSR count). The molecule has 0 aromatic heterocycles. The van der Waals surface area contributed by atoms with E-state index in [9.17, 15) is 18.4 Å². The normalized spacial score (nSPS) is 14.1. The lowest BCUT2D eigenvalue weighted by Crippen LogP contribution is -2.36. The third-order valence-electron chi connectivity index (χ3n) is 3.25. The number of amides is 1. The van der Waals surface area contributed by atoms with Gasteiger partial charge in [-0.1, -0.05) is 12.1 Å². The Morgan fingerprint density at radius 2 is 2.00 bits per heavy atom. The van der Waals surface area contributed by atoms with E-state index in [1.807, 2.05) is 0 Å². The summed E-state index contributed by atoms with van der Waals surface area (Å²) >= 11 is 0. The van der Waals surface area contributed by atoms with Crippen LogP contribution in [0.25, 0.3) is 0 Å². The van der Waals surface area contributed by atoms with E-state index in [1.54, 1.807) is 0 Å². The number of aliphatic carboxylic acids is 1. The molecule has 1 aliphatic rings. The first-order valence-electron chi connectivity index (χ1n) is 6.43. The Bertz CT molecular complexity index is 529. The van der Waals surface area contributed by atoms with Gasteiger partial charge in [-0.2, -0.15) is 0 Å². The van der Waals surface area contributed by atoms with Gasteiger partial charge in [0.15, 0.2) is 11.6 Å². The van der Waals surface area contributed by atoms with E-state index >= 15 is 0 Å². The Balaban J connectivity index is 2.04. The summed E-state index contributed by atoms with van der Waals surface area (Å²) in [7, 11) is 0. The van der Waals surface area contributed by atoms with Crippen LogP contribution in [0.2, 0.25) is 0 Å². The standard InChI is InChI=1S/C14H15F2NO3/c15-11-3-1-2-9(14(11)16)8-12(18)17(10-4-5-10)7-6-13(19)20/h1-3,10H,4-8H2,(H,19,20). The monoisotopic (exact) mass is 283 g/mol. The first-order chi connectivity index (χ1) is 9.49. The van der Waals surface area contributed by atoms with Gasteiger partial charge in [-0.3, -0.25) is 9.59 Å². The van der Waals surface area contributed by atoms with Crippen LogP contribution in [0.4, 0.5) is 8.78 Å². The molecule has 1 fully saturated rings. The zero-order valence-corrected chi connectivity index (χ0v) is 10.8. The zero-order valence-electron chi connectivity index (χ0n) is 10.8. The number of halogens is 2. The second-order valence-electron chi connectivity index (χ2n) is 4.85. The van der Waals surface area contributed by atoms with E-state index < -0.39 is 17.6 Å². The molecule has 1 aromatic rings. The molecule has 0 radical (unpaired) electrons. The second kappa shape index (κ2) is 5.98. The van der Waals surface area contributed by atoms with E-state index in [-0.39, 0.29) is 36.9 Å². The van der Waals surface area contributed by atoms with E-state index in [0.29, 0.717) is 0 Å². The second-order valence-corrected chi connectivity index (χ2v) is 4.85. The third kappa shape index (κ3) is 3.53. The molecule has 1 aliphatic carbocycles. The summed E-state index contributed by atoms with van der Waals surface area (Å²) in [6.07, 6.45) is 1.27. The number of carboxylic acid groups (broad SMARTS) is 1. The van der Waals surface area contributed by atoms with Crippen molar-refractivity contribution in [2.24, 2.45) is 0 Å². The lowest BCUT2D eigenvalue weighted by atomic mass is 10.1. The Kier molecular flexibility index (Phi) is 4.32. The number of carbonyl (C=O) groups excluding carboxylic acids is 1. The minimum absolute atomic E-state index is 0.00373. The van der Waals surface area contributed by atoms with Gasteiger partial charge in [-0.05, 0) is 18.9 Å². The summed E-state index contributed by atoms with van der Waals surface area (Å²) in [5.41, 5.74) is -0.00373. The highest BCUT2D eigenvalue weighted by molar-refractivity contribution is 5.80. The average molecular weight is 283 g/mol. The first kappa shape index (κ1) is 14.4. The van der Waals surface area contributed by atoms with Gasteiger partial charge in [0.05, 0.1) is 12.8 Å². The third-order valence-corrected chi connectivity index (χ3v) is 3.25. The Morgan fingerprint density at radius 3 is 2.60 bits per heavy atom. The number of benzene rings is 1. The summed E-state index contributed by atoms with van der Waals surface area (Å²) in [5.74, 6) is -3.35. The fourth-order valence-electron chi connectivity index (χ4n) is 2.06. The minimum Gasteiger partial charge on any atom is -0.481 e. The molecule has 0 bridgehead atoms. The van der Waals surface area contributed by atoms with Crippen molar-refractivity contribution in [3.8, 4) is 0 Å². The Morgan fingerprint density at radius 1 is 1.30 bits per heavy atom. The summed E-state index contributed by atoms with van der Waals surface area (Å²) in [6.45, 7) is 0.107. The van der Waals surface area contributed by atoms with Gasteiger partial charge in [0.2, 0.25) is 5.91 Å². The highest BCUT2D eigenvalue weighted by atomic mass is 19.2. The quantitative estimate of drug-likeness (QED) is 0.868. The van der Waals surface area contributed by atoms with Crippen molar-refractivity contribution in [3.05, 3.63) is 35.4 Å². The van der Waals surface area contributed by atoms with Crippen molar-refractivity contribution < 1.29 is 23.5 Å². The van der Waals surface area contributed by atoms with Crippen LogP contribution < -0.4 is 0 Å². The van der Waals surface area contributed by atoms with Crippen molar-refractivity contribution in [1.82, 2.24) is 4.90 Å². The molecule has 6 heteroatoms. The van der Waals surface area contributed by atoms with Gasteiger partial charge in [0.25, 0.3) is 0 Å². The lowest BCUT2D eigenvalue weighted by molar-refractivity contribution is -0.138. The SMILES string of the molecule is O=C(O)CCN(C(=O)Cc1cccc(F)c1F)C1CC1. The molecule has 108 valence electrons. The van der Waals surface area contributed by atoms with Gasteiger partial charge in [-0.15, -0.1) is 0 Å². The van der Waals surface area contributed by atoms with Gasteiger partial charge in [-0.25, -0.2) is 8.78 Å². The molecule has 4 nitrogen and oxygen atoms in total. The van der Waals surface area contributed by atoms with E-state index in [4.69, 9.17) is 5.11 Å². The number of hydrogen-bond acceptors (Lipinski definition) is 2. The van der Waals surface area contributed by atoms with Crippen LogP contribution in [0.1, 0.15) is 24.8 Å². The molecule has 0 spiro atoms. The van der Waals surface area contributed by atoms with Crippen LogP contribution in [-0.4, -0.2) is 34.5 Å². The smallest absolute Gasteiger partial charge is 0.305 e. The van der Waals surface area contributed by atoms with Crippen LogP contribution in [0.3, 0.4) is 0 Å². The minimum atomic E-state index is -1.02. The van der Waals surface area contributed by atoms with Crippen molar-refractivity contribution in [2.45, 2.75) is 31.7 Å². The molecular formula is C14H15F2NO3. The van der Waals surface area contributed by atoms with Crippen LogP contribution in [0.5, 0.6) is 0 Å². The first-order valence-corrected chi connectivity index (χ1v) is 6.43. The molecule has 0 aliphatic heterocycles. The van der Waals surface area contributed by atoms with Crippen molar-refractivity contribution >= 4 is 11.9 Å². The summed E-state index contributed by atoms with van der Waals surface area (Å²) in [4.78, 5) is 24.1. The summed E-state index contributed by atoms with van der Waals surface area (Å²) in [6, 6.07) is 3.74. The van der Waals surface area contributed by atoms with Gasteiger partial charge in [0.1, 0.15) is 0 Å². The maximum absolute atomic E-state index is 13.5. The molecule has 1 amide bonds. The molecular weight excluding hydrogens is 268 g/mol. The van der Waals surface area contributed by atoms with Crippen LogP contribution >= 0.6 is 0 Å². The predicted molar refractivity (Wildman–Crippen MR) is 67.0 cm³/mol.